The molecule has 2 rings (SSSR count). The zero-order chi connectivity index (χ0) is 20.7. The van der Waals surface area contributed by atoms with E-state index in [0.717, 1.165) is 16.0 Å². The predicted octanol–water partition coefficient (Wildman–Crippen LogP) is 3.27. The number of hydrogen-bond acceptors (Lipinski definition) is 7. The average molecular weight is 405 g/mol. The number of hydrogen-bond donors (Lipinski definition) is 1. The number of benzene rings is 1. The fraction of sp³-hybridized carbons (Fsp3) is 0.350. The van der Waals surface area contributed by atoms with Crippen LogP contribution in [0.15, 0.2) is 24.3 Å². The molecule has 1 N–H and O–H groups in total. The molecule has 0 atom stereocenters. The van der Waals surface area contributed by atoms with E-state index in [0.29, 0.717) is 16.3 Å². The Hall–Kier alpha value is -2.87. The van der Waals surface area contributed by atoms with Crippen LogP contribution >= 0.6 is 11.3 Å². The van der Waals surface area contributed by atoms with E-state index < -0.39 is 24.5 Å². The Balaban J connectivity index is 1.94. The zero-order valence-electron chi connectivity index (χ0n) is 16.3. The van der Waals surface area contributed by atoms with E-state index in [9.17, 15) is 14.4 Å². The summed E-state index contributed by atoms with van der Waals surface area (Å²) in [6.45, 7) is 5.16. The van der Waals surface area contributed by atoms with Crippen LogP contribution in [0.4, 0.5) is 5.00 Å². The summed E-state index contributed by atoms with van der Waals surface area (Å²) in [5, 5.41) is 3.02. The van der Waals surface area contributed by atoms with Gasteiger partial charge in [-0.15, -0.1) is 11.3 Å². The van der Waals surface area contributed by atoms with E-state index in [1.165, 1.54) is 11.3 Å². The van der Waals surface area contributed by atoms with Crippen LogP contribution in [-0.2, 0) is 25.5 Å². The fourth-order valence-corrected chi connectivity index (χ4v) is 3.54. The molecule has 8 heteroatoms. The van der Waals surface area contributed by atoms with Crippen LogP contribution in [0.3, 0.4) is 0 Å². The highest BCUT2D eigenvalue weighted by Crippen LogP contribution is 2.33. The quantitative estimate of drug-likeness (QED) is 0.678. The molecule has 1 amide bonds. The molecule has 1 heterocycles. The first kappa shape index (κ1) is 21.4. The summed E-state index contributed by atoms with van der Waals surface area (Å²) in [7, 11) is 1.54. The Morgan fingerprint density at radius 1 is 1.14 bits per heavy atom. The van der Waals surface area contributed by atoms with Gasteiger partial charge in [-0.1, -0.05) is 12.1 Å². The molecule has 0 aliphatic rings. The van der Waals surface area contributed by atoms with Gasteiger partial charge in [0.15, 0.2) is 6.61 Å². The number of aryl methyl sites for hydroxylation is 1. The second-order valence-corrected chi connectivity index (χ2v) is 7.17. The van der Waals surface area contributed by atoms with Gasteiger partial charge in [0.05, 0.1) is 25.7 Å². The Morgan fingerprint density at radius 3 is 2.57 bits per heavy atom. The minimum atomic E-state index is -0.535. The minimum Gasteiger partial charge on any atom is -0.497 e. The lowest BCUT2D eigenvalue weighted by molar-refractivity contribution is -0.146. The van der Waals surface area contributed by atoms with Gasteiger partial charge in [-0.3, -0.25) is 9.59 Å². The third-order valence-corrected chi connectivity index (χ3v) is 5.09. The second-order valence-electron chi connectivity index (χ2n) is 5.95. The van der Waals surface area contributed by atoms with Crippen LogP contribution in [0.1, 0.15) is 33.3 Å². The summed E-state index contributed by atoms with van der Waals surface area (Å²) < 4.78 is 15.2. The van der Waals surface area contributed by atoms with Gasteiger partial charge in [0.1, 0.15) is 10.8 Å². The molecule has 28 heavy (non-hydrogen) atoms. The van der Waals surface area contributed by atoms with Crippen molar-refractivity contribution in [3.63, 3.8) is 0 Å². The van der Waals surface area contributed by atoms with Crippen molar-refractivity contribution >= 4 is 34.2 Å². The van der Waals surface area contributed by atoms with Gasteiger partial charge in [-0.2, -0.15) is 0 Å². The van der Waals surface area contributed by atoms with Crippen molar-refractivity contribution in [3.05, 3.63) is 45.8 Å². The van der Waals surface area contributed by atoms with Crippen LogP contribution < -0.4 is 10.1 Å². The summed E-state index contributed by atoms with van der Waals surface area (Å²) in [6.07, 6.45) is 0.0236. The number of esters is 2. The van der Waals surface area contributed by atoms with Crippen LogP contribution in [0.5, 0.6) is 5.75 Å². The molecule has 1 aromatic carbocycles. The van der Waals surface area contributed by atoms with Crippen molar-refractivity contribution in [1.29, 1.82) is 0 Å². The van der Waals surface area contributed by atoms with Gasteiger partial charge >= 0.3 is 11.9 Å². The highest BCUT2D eigenvalue weighted by molar-refractivity contribution is 7.16. The number of amides is 1. The Bertz CT molecular complexity index is 874. The van der Waals surface area contributed by atoms with Crippen LogP contribution in [0.25, 0.3) is 0 Å². The molecular weight excluding hydrogens is 382 g/mol. The smallest absolute Gasteiger partial charge is 0.341 e. The molecule has 7 nitrogen and oxygen atoms in total. The Morgan fingerprint density at radius 2 is 1.89 bits per heavy atom. The number of anilines is 1. The van der Waals surface area contributed by atoms with E-state index in [1.807, 2.05) is 6.92 Å². The van der Waals surface area contributed by atoms with Crippen molar-refractivity contribution in [1.82, 2.24) is 0 Å². The topological polar surface area (TPSA) is 90.9 Å². The van der Waals surface area contributed by atoms with Gasteiger partial charge in [-0.05, 0) is 44.0 Å². The van der Waals surface area contributed by atoms with Crippen molar-refractivity contribution in [3.8, 4) is 5.75 Å². The molecule has 0 spiro atoms. The highest BCUT2D eigenvalue weighted by atomic mass is 32.1. The van der Waals surface area contributed by atoms with E-state index in [4.69, 9.17) is 14.2 Å². The SMILES string of the molecule is CCOC(=O)c1c(NC(=O)COC(=O)Cc2cccc(OC)c2)sc(C)c1C. The second kappa shape index (κ2) is 9.89. The maximum Gasteiger partial charge on any atom is 0.341 e. The minimum absolute atomic E-state index is 0.0236. The van der Waals surface area contributed by atoms with Crippen LogP contribution in [-0.4, -0.2) is 38.2 Å². The molecule has 0 unspecified atom stereocenters. The number of carbonyl (C=O) groups excluding carboxylic acids is 3. The Labute approximate surface area is 167 Å². The lowest BCUT2D eigenvalue weighted by Crippen LogP contribution is -2.22. The number of rotatable bonds is 8. The molecule has 0 saturated carbocycles. The molecule has 1 aromatic heterocycles. The molecular formula is C20H23NO6S. The van der Waals surface area contributed by atoms with Gasteiger partial charge < -0.3 is 19.5 Å². The van der Waals surface area contributed by atoms with E-state index >= 15 is 0 Å². The highest BCUT2D eigenvalue weighted by Gasteiger charge is 2.22. The van der Waals surface area contributed by atoms with Crippen LogP contribution in [0, 0.1) is 13.8 Å². The largest absolute Gasteiger partial charge is 0.497 e. The molecule has 0 aliphatic heterocycles. The number of carbonyl (C=O) groups is 3. The number of thiophene rings is 1. The van der Waals surface area contributed by atoms with E-state index in [-0.39, 0.29) is 13.0 Å². The van der Waals surface area contributed by atoms with Crippen molar-refractivity contribution < 1.29 is 28.6 Å². The summed E-state index contributed by atoms with van der Waals surface area (Å²) in [5.41, 5.74) is 1.81. The van der Waals surface area contributed by atoms with Gasteiger partial charge in [-0.25, -0.2) is 4.79 Å². The molecule has 150 valence electrons. The standard InChI is InChI=1S/C20H23NO6S/c1-5-26-20(24)18-12(2)13(3)28-19(18)21-16(22)11-27-17(23)10-14-7-6-8-15(9-14)25-4/h6-9H,5,10-11H2,1-4H3,(H,21,22). The number of methoxy groups -OCH3 is 1. The zero-order valence-corrected chi connectivity index (χ0v) is 17.1. The maximum absolute atomic E-state index is 12.2. The third kappa shape index (κ3) is 5.56. The lowest BCUT2D eigenvalue weighted by atomic mass is 10.1. The van der Waals surface area contributed by atoms with Crippen molar-refractivity contribution in [2.45, 2.75) is 27.2 Å². The van der Waals surface area contributed by atoms with E-state index in [1.54, 1.807) is 45.2 Å². The summed E-state index contributed by atoms with van der Waals surface area (Å²) in [4.78, 5) is 37.2. The van der Waals surface area contributed by atoms with E-state index in [2.05, 4.69) is 5.32 Å². The molecule has 0 aliphatic carbocycles. The van der Waals surface area contributed by atoms with Crippen LogP contribution in [0.2, 0.25) is 0 Å². The maximum atomic E-state index is 12.2. The van der Waals surface area contributed by atoms with Crippen molar-refractivity contribution in [2.75, 3.05) is 25.6 Å². The fourth-order valence-electron chi connectivity index (χ4n) is 2.47. The summed E-state index contributed by atoms with van der Waals surface area (Å²) >= 11 is 1.28. The number of nitrogens with one attached hydrogen (secondary N) is 1. The normalized spacial score (nSPS) is 10.3. The van der Waals surface area contributed by atoms with Gasteiger partial charge in [0, 0.05) is 4.88 Å². The van der Waals surface area contributed by atoms with Gasteiger partial charge in [0.25, 0.3) is 5.91 Å². The molecule has 0 saturated heterocycles. The van der Waals surface area contributed by atoms with Gasteiger partial charge in [0.2, 0.25) is 0 Å². The third-order valence-electron chi connectivity index (χ3n) is 3.96. The molecule has 0 fully saturated rings. The first-order valence-electron chi connectivity index (χ1n) is 8.71. The monoisotopic (exact) mass is 405 g/mol. The average Bonchev–Trinajstić information content (AvgIpc) is 2.94. The molecule has 2 aromatic rings. The first-order chi connectivity index (χ1) is 13.3. The summed E-state index contributed by atoms with van der Waals surface area (Å²) in [6, 6.07) is 7.04. The summed E-state index contributed by atoms with van der Waals surface area (Å²) in [5.74, 6) is -0.911. The first-order valence-corrected chi connectivity index (χ1v) is 9.52. The van der Waals surface area contributed by atoms with Crippen molar-refractivity contribution in [2.24, 2.45) is 0 Å². The number of ether oxygens (including phenoxy) is 3. The predicted molar refractivity (Wildman–Crippen MR) is 106 cm³/mol. The lowest BCUT2D eigenvalue weighted by Gasteiger charge is -2.08. The Kier molecular flexibility index (Phi) is 7.57. The molecule has 0 radical (unpaired) electrons. The molecule has 0 bridgehead atoms.